The Morgan fingerprint density at radius 3 is 2.46 bits per heavy atom. The molecular formula is C20H27N5O. The average molecular weight is 353 g/mol. The quantitative estimate of drug-likeness (QED) is 0.794. The summed E-state index contributed by atoms with van der Waals surface area (Å²) >= 11 is 0. The summed E-state index contributed by atoms with van der Waals surface area (Å²) in [5.74, 6) is 0.964. The first-order valence-electron chi connectivity index (χ1n) is 9.25. The third-order valence-electron chi connectivity index (χ3n) is 4.97. The van der Waals surface area contributed by atoms with Gasteiger partial charge in [-0.15, -0.1) is 0 Å². The smallest absolute Gasteiger partial charge is 0.255 e. The molecular weight excluding hydrogens is 326 g/mol. The maximum Gasteiger partial charge on any atom is 0.255 e. The molecule has 3 rings (SSSR count). The van der Waals surface area contributed by atoms with Crippen molar-refractivity contribution in [1.82, 2.24) is 19.8 Å². The van der Waals surface area contributed by atoms with E-state index in [0.29, 0.717) is 12.1 Å². The lowest BCUT2D eigenvalue weighted by molar-refractivity contribution is 0.0796. The van der Waals surface area contributed by atoms with Gasteiger partial charge in [0.1, 0.15) is 5.82 Å². The molecule has 0 aromatic carbocycles. The fourth-order valence-electron chi connectivity index (χ4n) is 3.16. The number of pyridine rings is 2. The molecule has 0 saturated carbocycles. The molecule has 1 saturated heterocycles. The summed E-state index contributed by atoms with van der Waals surface area (Å²) in [5.41, 5.74) is 1.82. The Labute approximate surface area is 155 Å². The van der Waals surface area contributed by atoms with Crippen molar-refractivity contribution in [3.8, 4) is 0 Å². The van der Waals surface area contributed by atoms with Crippen LogP contribution in [0.15, 0.2) is 42.9 Å². The molecule has 0 aliphatic carbocycles. The summed E-state index contributed by atoms with van der Waals surface area (Å²) in [5, 5.41) is 0. The van der Waals surface area contributed by atoms with Crippen LogP contribution in [0.3, 0.4) is 0 Å². The van der Waals surface area contributed by atoms with E-state index in [2.05, 4.69) is 26.7 Å². The molecule has 0 radical (unpaired) electrons. The second-order valence-electron chi connectivity index (χ2n) is 6.66. The molecule has 0 atom stereocenters. The van der Waals surface area contributed by atoms with Gasteiger partial charge in [0, 0.05) is 58.4 Å². The second-order valence-corrected chi connectivity index (χ2v) is 6.66. The summed E-state index contributed by atoms with van der Waals surface area (Å²) < 4.78 is 0. The molecule has 1 aliphatic rings. The molecule has 0 bridgehead atoms. The van der Waals surface area contributed by atoms with E-state index in [9.17, 15) is 4.79 Å². The normalized spacial score (nSPS) is 15.1. The third-order valence-corrected chi connectivity index (χ3v) is 4.97. The van der Waals surface area contributed by atoms with Gasteiger partial charge in [-0.1, -0.05) is 6.92 Å². The van der Waals surface area contributed by atoms with Crippen LogP contribution in [-0.2, 0) is 6.42 Å². The maximum atomic E-state index is 12.6. The highest BCUT2D eigenvalue weighted by Gasteiger charge is 2.18. The van der Waals surface area contributed by atoms with Crippen molar-refractivity contribution in [3.05, 3.63) is 54.0 Å². The largest absolute Gasteiger partial charge is 0.354 e. The molecule has 0 unspecified atom stereocenters. The zero-order valence-corrected chi connectivity index (χ0v) is 15.6. The zero-order chi connectivity index (χ0) is 18.4. The summed E-state index contributed by atoms with van der Waals surface area (Å²) in [6.07, 6.45) is 6.07. The standard InChI is InChI=1S/C20H27N5O/c1-3-24-12-14-25(15-13-24)19-5-4-18(16-22-19)20(26)23(2)11-8-17-6-9-21-10-7-17/h4-7,9-10,16H,3,8,11-15H2,1-2H3. The lowest BCUT2D eigenvalue weighted by atomic mass is 10.2. The van der Waals surface area contributed by atoms with Gasteiger partial charge in [-0.2, -0.15) is 0 Å². The molecule has 0 spiro atoms. The van der Waals surface area contributed by atoms with Crippen molar-refractivity contribution in [1.29, 1.82) is 0 Å². The number of hydrogen-bond donors (Lipinski definition) is 0. The lowest BCUT2D eigenvalue weighted by Crippen LogP contribution is -2.46. The topological polar surface area (TPSA) is 52.6 Å². The van der Waals surface area contributed by atoms with Gasteiger partial charge in [0.05, 0.1) is 5.56 Å². The van der Waals surface area contributed by atoms with Crippen molar-refractivity contribution in [3.63, 3.8) is 0 Å². The van der Waals surface area contributed by atoms with Crippen LogP contribution < -0.4 is 4.90 Å². The Balaban J connectivity index is 1.55. The molecule has 138 valence electrons. The van der Waals surface area contributed by atoms with Gasteiger partial charge in [0.2, 0.25) is 0 Å². The van der Waals surface area contributed by atoms with E-state index in [4.69, 9.17) is 0 Å². The highest BCUT2D eigenvalue weighted by atomic mass is 16.2. The number of piperazine rings is 1. The van der Waals surface area contributed by atoms with Gasteiger partial charge in [-0.3, -0.25) is 9.78 Å². The predicted molar refractivity (Wildman–Crippen MR) is 103 cm³/mol. The van der Waals surface area contributed by atoms with E-state index in [0.717, 1.165) is 45.0 Å². The van der Waals surface area contributed by atoms with Gasteiger partial charge in [0.15, 0.2) is 0 Å². The van der Waals surface area contributed by atoms with Gasteiger partial charge < -0.3 is 14.7 Å². The number of aromatic nitrogens is 2. The Bertz CT molecular complexity index is 696. The van der Waals surface area contributed by atoms with Crippen molar-refractivity contribution in [2.24, 2.45) is 0 Å². The van der Waals surface area contributed by atoms with Crippen LogP contribution in [-0.4, -0.2) is 72.0 Å². The molecule has 2 aromatic heterocycles. The number of carbonyl (C=O) groups excluding carboxylic acids is 1. The van der Waals surface area contributed by atoms with E-state index < -0.39 is 0 Å². The first-order valence-corrected chi connectivity index (χ1v) is 9.25. The van der Waals surface area contributed by atoms with Crippen LogP contribution in [0.5, 0.6) is 0 Å². The van der Waals surface area contributed by atoms with Crippen LogP contribution in [0.4, 0.5) is 5.82 Å². The van der Waals surface area contributed by atoms with Crippen molar-refractivity contribution >= 4 is 11.7 Å². The Morgan fingerprint density at radius 1 is 1.12 bits per heavy atom. The van der Waals surface area contributed by atoms with Crippen LogP contribution in [0.2, 0.25) is 0 Å². The minimum absolute atomic E-state index is 0.00825. The van der Waals surface area contributed by atoms with E-state index >= 15 is 0 Å². The predicted octanol–water partition coefficient (Wildman–Crippen LogP) is 1.93. The molecule has 1 fully saturated rings. The van der Waals surface area contributed by atoms with Gasteiger partial charge >= 0.3 is 0 Å². The number of nitrogens with zero attached hydrogens (tertiary/aromatic N) is 5. The highest BCUT2D eigenvalue weighted by Crippen LogP contribution is 2.15. The Morgan fingerprint density at radius 2 is 1.85 bits per heavy atom. The molecule has 6 heteroatoms. The van der Waals surface area contributed by atoms with E-state index in [1.54, 1.807) is 23.5 Å². The van der Waals surface area contributed by atoms with Crippen LogP contribution in [0.1, 0.15) is 22.8 Å². The van der Waals surface area contributed by atoms with Gasteiger partial charge in [-0.05, 0) is 42.8 Å². The highest BCUT2D eigenvalue weighted by molar-refractivity contribution is 5.93. The fourth-order valence-corrected chi connectivity index (χ4v) is 3.16. The SMILES string of the molecule is CCN1CCN(c2ccc(C(=O)N(C)CCc3ccncc3)cn2)CC1. The van der Waals surface area contributed by atoms with Crippen molar-refractivity contribution in [2.75, 3.05) is 51.2 Å². The van der Waals surface area contributed by atoms with Crippen molar-refractivity contribution < 1.29 is 4.79 Å². The summed E-state index contributed by atoms with van der Waals surface area (Å²) in [6.45, 7) is 8.07. The fraction of sp³-hybridized carbons (Fsp3) is 0.450. The third kappa shape index (κ3) is 4.58. The first-order chi connectivity index (χ1) is 12.7. The molecule has 3 heterocycles. The summed E-state index contributed by atoms with van der Waals surface area (Å²) in [6, 6.07) is 7.81. The Kier molecular flexibility index (Phi) is 6.17. The number of amides is 1. The number of anilines is 1. The molecule has 26 heavy (non-hydrogen) atoms. The van der Waals surface area contributed by atoms with E-state index in [-0.39, 0.29) is 5.91 Å². The van der Waals surface area contributed by atoms with Crippen LogP contribution >= 0.6 is 0 Å². The van der Waals surface area contributed by atoms with Gasteiger partial charge in [-0.25, -0.2) is 4.98 Å². The molecule has 6 nitrogen and oxygen atoms in total. The van der Waals surface area contributed by atoms with E-state index in [1.165, 1.54) is 5.56 Å². The monoisotopic (exact) mass is 353 g/mol. The minimum Gasteiger partial charge on any atom is -0.354 e. The molecule has 1 amide bonds. The van der Waals surface area contributed by atoms with E-state index in [1.807, 2.05) is 31.3 Å². The van der Waals surface area contributed by atoms with Crippen LogP contribution in [0, 0.1) is 0 Å². The Hall–Kier alpha value is -2.47. The number of hydrogen-bond acceptors (Lipinski definition) is 5. The van der Waals surface area contributed by atoms with Crippen molar-refractivity contribution in [2.45, 2.75) is 13.3 Å². The summed E-state index contributed by atoms with van der Waals surface area (Å²) in [7, 11) is 1.83. The first kappa shape index (κ1) is 18.3. The van der Waals surface area contributed by atoms with Crippen LogP contribution in [0.25, 0.3) is 0 Å². The zero-order valence-electron chi connectivity index (χ0n) is 15.6. The molecule has 1 aliphatic heterocycles. The maximum absolute atomic E-state index is 12.6. The number of rotatable bonds is 6. The minimum atomic E-state index is 0.00825. The number of carbonyl (C=O) groups is 1. The lowest BCUT2D eigenvalue weighted by Gasteiger charge is -2.34. The van der Waals surface area contributed by atoms with Gasteiger partial charge in [0.25, 0.3) is 5.91 Å². The molecule has 2 aromatic rings. The number of likely N-dealkylation sites (N-methyl/N-ethyl adjacent to an activating group) is 2. The summed E-state index contributed by atoms with van der Waals surface area (Å²) in [4.78, 5) is 27.6. The molecule has 0 N–H and O–H groups in total. The second kappa shape index (κ2) is 8.76. The average Bonchev–Trinajstić information content (AvgIpc) is 2.72.